The van der Waals surface area contributed by atoms with Gasteiger partial charge in [-0.2, -0.15) is 20.5 Å². The number of thioether (sulfide) groups is 1. The maximum absolute atomic E-state index is 14.5. The van der Waals surface area contributed by atoms with Crippen LogP contribution in [-0.4, -0.2) is 53.5 Å². The van der Waals surface area contributed by atoms with Crippen LogP contribution in [0.5, 0.6) is 5.75 Å². The van der Waals surface area contributed by atoms with Gasteiger partial charge in [-0.3, -0.25) is 0 Å². The first-order chi connectivity index (χ1) is 20.8. The highest BCUT2D eigenvalue weighted by atomic mass is 32.2. The standard InChI is InChI=1S/C35H47F6NOS/c1-25-22-27(15-16-31(25)36)28-14-10-12-26-23-33(43)32(37)24-30(26)29(28)13-6-4-5-7-18-42(3)19-8-9-20-44-21-11-17-35(40,41)34(2,38)39/h15-16,22-24,43H,4-14,17-21H2,1-3H3. The highest BCUT2D eigenvalue weighted by Gasteiger charge is 2.51. The predicted octanol–water partition coefficient (Wildman–Crippen LogP) is 10.7. The zero-order valence-electron chi connectivity index (χ0n) is 26.3. The molecule has 0 bridgehead atoms. The molecule has 246 valence electrons. The van der Waals surface area contributed by atoms with Crippen molar-refractivity contribution in [3.05, 3.63) is 64.2 Å². The van der Waals surface area contributed by atoms with Gasteiger partial charge in [0.15, 0.2) is 11.6 Å². The number of fused-ring (bicyclic) bond motifs is 1. The Balaban J connectivity index is 1.41. The van der Waals surface area contributed by atoms with E-state index in [0.29, 0.717) is 11.3 Å². The van der Waals surface area contributed by atoms with Crippen molar-refractivity contribution in [1.82, 2.24) is 4.90 Å². The molecule has 1 aliphatic rings. The van der Waals surface area contributed by atoms with E-state index in [9.17, 15) is 31.4 Å². The number of rotatable bonds is 18. The summed E-state index contributed by atoms with van der Waals surface area (Å²) in [4.78, 5) is 2.29. The average Bonchev–Trinajstić information content (AvgIpc) is 3.12. The molecule has 1 N–H and O–H groups in total. The fourth-order valence-electron chi connectivity index (χ4n) is 5.75. The van der Waals surface area contributed by atoms with Crippen molar-refractivity contribution in [1.29, 1.82) is 0 Å². The second-order valence-corrected chi connectivity index (χ2v) is 13.4. The molecular formula is C35H47F6NOS. The molecule has 0 radical (unpaired) electrons. The van der Waals surface area contributed by atoms with Gasteiger partial charge in [0.25, 0.3) is 0 Å². The van der Waals surface area contributed by atoms with Crippen LogP contribution < -0.4 is 0 Å². The smallest absolute Gasteiger partial charge is 0.309 e. The Morgan fingerprint density at radius 2 is 1.52 bits per heavy atom. The number of unbranched alkanes of at least 4 members (excludes halogenated alkanes) is 4. The lowest BCUT2D eigenvalue weighted by molar-refractivity contribution is -0.200. The summed E-state index contributed by atoms with van der Waals surface area (Å²) in [5, 5.41) is 10.00. The Morgan fingerprint density at radius 1 is 0.841 bits per heavy atom. The van der Waals surface area contributed by atoms with Crippen molar-refractivity contribution in [2.24, 2.45) is 0 Å². The Hall–Kier alpha value is -2.13. The molecule has 0 fully saturated rings. The third kappa shape index (κ3) is 10.7. The first kappa shape index (κ1) is 36.3. The average molecular weight is 644 g/mol. The summed E-state index contributed by atoms with van der Waals surface area (Å²) in [5.41, 5.74) is 5.60. The SMILES string of the molecule is Cc1cc(C2=C(CCCCCCN(C)CCCCSCCCC(F)(F)C(C)(F)F)c3cc(F)c(O)cc3CCC2)ccc1F. The predicted molar refractivity (Wildman–Crippen MR) is 171 cm³/mol. The number of phenolic OH excluding ortho intramolecular Hbond substituents is 1. The quantitative estimate of drug-likeness (QED) is 0.129. The van der Waals surface area contributed by atoms with E-state index in [2.05, 4.69) is 11.9 Å². The lowest BCUT2D eigenvalue weighted by Crippen LogP contribution is -2.37. The Kier molecular flexibility index (Phi) is 14.0. The van der Waals surface area contributed by atoms with Gasteiger partial charge in [-0.05, 0) is 154 Å². The van der Waals surface area contributed by atoms with Gasteiger partial charge >= 0.3 is 11.8 Å². The van der Waals surface area contributed by atoms with Crippen molar-refractivity contribution in [2.75, 3.05) is 31.6 Å². The summed E-state index contributed by atoms with van der Waals surface area (Å²) in [6.07, 6.45) is 8.58. The highest BCUT2D eigenvalue weighted by Crippen LogP contribution is 2.41. The number of phenols is 1. The third-order valence-corrected chi connectivity index (χ3v) is 9.61. The van der Waals surface area contributed by atoms with Gasteiger partial charge < -0.3 is 10.0 Å². The normalized spacial score (nSPS) is 14.3. The second kappa shape index (κ2) is 17.0. The first-order valence-corrected chi connectivity index (χ1v) is 17.0. The third-order valence-electron chi connectivity index (χ3n) is 8.46. The molecule has 0 spiro atoms. The van der Waals surface area contributed by atoms with Crippen LogP contribution in [0.4, 0.5) is 26.3 Å². The number of allylic oxidation sites excluding steroid dienone is 2. The van der Waals surface area contributed by atoms with E-state index in [4.69, 9.17) is 0 Å². The number of hydrogen-bond acceptors (Lipinski definition) is 3. The van der Waals surface area contributed by atoms with E-state index in [1.165, 1.54) is 12.1 Å². The maximum atomic E-state index is 14.5. The van der Waals surface area contributed by atoms with Gasteiger partial charge in [0.1, 0.15) is 5.82 Å². The van der Waals surface area contributed by atoms with Crippen molar-refractivity contribution >= 4 is 22.9 Å². The van der Waals surface area contributed by atoms with Crippen LogP contribution in [0.3, 0.4) is 0 Å². The van der Waals surface area contributed by atoms with Gasteiger partial charge in [0.05, 0.1) is 0 Å². The molecule has 9 heteroatoms. The second-order valence-electron chi connectivity index (χ2n) is 12.2. The minimum Gasteiger partial charge on any atom is -0.505 e. The van der Waals surface area contributed by atoms with Crippen molar-refractivity contribution in [3.8, 4) is 5.75 Å². The monoisotopic (exact) mass is 643 g/mol. The minimum absolute atomic E-state index is 0.0818. The molecule has 0 atom stereocenters. The summed E-state index contributed by atoms with van der Waals surface area (Å²) in [5.74, 6) is -7.80. The maximum Gasteiger partial charge on any atom is 0.309 e. The molecule has 3 rings (SSSR count). The zero-order valence-corrected chi connectivity index (χ0v) is 27.1. The van der Waals surface area contributed by atoms with Crippen LogP contribution in [-0.2, 0) is 6.42 Å². The summed E-state index contributed by atoms with van der Waals surface area (Å²) in [7, 11) is 2.09. The molecule has 0 saturated carbocycles. The molecule has 44 heavy (non-hydrogen) atoms. The lowest BCUT2D eigenvalue weighted by atomic mass is 9.88. The van der Waals surface area contributed by atoms with E-state index in [1.54, 1.807) is 24.8 Å². The Labute approximate surface area is 263 Å². The molecule has 0 amide bonds. The number of benzene rings is 2. The van der Waals surface area contributed by atoms with Gasteiger partial charge in [-0.1, -0.05) is 18.9 Å². The summed E-state index contributed by atoms with van der Waals surface area (Å²) < 4.78 is 80.9. The number of alkyl halides is 4. The largest absolute Gasteiger partial charge is 0.505 e. The fourth-order valence-corrected chi connectivity index (χ4v) is 6.71. The van der Waals surface area contributed by atoms with Gasteiger partial charge in [-0.25, -0.2) is 17.6 Å². The molecular weight excluding hydrogens is 596 g/mol. The molecule has 0 aromatic heterocycles. The van der Waals surface area contributed by atoms with E-state index >= 15 is 0 Å². The first-order valence-electron chi connectivity index (χ1n) is 15.8. The van der Waals surface area contributed by atoms with Crippen LogP contribution >= 0.6 is 11.8 Å². The molecule has 0 heterocycles. The van der Waals surface area contributed by atoms with Crippen LogP contribution in [0.2, 0.25) is 0 Å². The summed E-state index contributed by atoms with van der Waals surface area (Å²) in [6, 6.07) is 8.20. The van der Waals surface area contributed by atoms with Crippen LogP contribution in [0.15, 0.2) is 30.3 Å². The molecule has 1 aliphatic carbocycles. The van der Waals surface area contributed by atoms with Crippen molar-refractivity contribution in [2.45, 2.75) is 103 Å². The molecule has 0 saturated heterocycles. The number of halogens is 6. The molecule has 2 aromatic rings. The highest BCUT2D eigenvalue weighted by molar-refractivity contribution is 7.99. The number of aryl methyl sites for hydroxylation is 2. The summed E-state index contributed by atoms with van der Waals surface area (Å²) >= 11 is 1.54. The van der Waals surface area contributed by atoms with Crippen molar-refractivity contribution < 1.29 is 31.4 Å². The molecule has 0 aliphatic heterocycles. The number of aromatic hydroxyl groups is 1. The van der Waals surface area contributed by atoms with E-state index in [1.807, 2.05) is 12.1 Å². The van der Waals surface area contributed by atoms with Gasteiger partial charge in [0, 0.05) is 13.3 Å². The molecule has 2 aromatic carbocycles. The van der Waals surface area contributed by atoms with Gasteiger partial charge in [0.2, 0.25) is 0 Å². The zero-order chi connectivity index (χ0) is 32.3. The van der Waals surface area contributed by atoms with Crippen LogP contribution in [0.1, 0.15) is 99.8 Å². The summed E-state index contributed by atoms with van der Waals surface area (Å²) in [6.45, 7) is 3.95. The van der Waals surface area contributed by atoms with E-state index in [-0.39, 0.29) is 24.9 Å². The van der Waals surface area contributed by atoms with E-state index in [0.717, 1.165) is 111 Å². The number of nitrogens with zero attached hydrogens (tertiary/aromatic N) is 1. The van der Waals surface area contributed by atoms with Gasteiger partial charge in [-0.15, -0.1) is 0 Å². The van der Waals surface area contributed by atoms with Crippen LogP contribution in [0.25, 0.3) is 11.1 Å². The lowest BCUT2D eigenvalue weighted by Gasteiger charge is -2.22. The molecule has 2 nitrogen and oxygen atoms in total. The Bertz CT molecular complexity index is 1240. The topological polar surface area (TPSA) is 23.5 Å². The minimum atomic E-state index is -3.97. The number of hydrogen-bond donors (Lipinski definition) is 1. The Morgan fingerprint density at radius 3 is 2.23 bits per heavy atom. The molecule has 0 unspecified atom stereocenters. The van der Waals surface area contributed by atoms with Crippen LogP contribution in [0, 0.1) is 18.6 Å². The van der Waals surface area contributed by atoms with Crippen molar-refractivity contribution in [3.63, 3.8) is 0 Å². The fraction of sp³-hybridized carbons (Fsp3) is 0.600. The van der Waals surface area contributed by atoms with E-state index < -0.39 is 24.1 Å².